The molecule has 21 heavy (non-hydrogen) atoms. The van der Waals surface area contributed by atoms with E-state index in [-0.39, 0.29) is 11.8 Å². The summed E-state index contributed by atoms with van der Waals surface area (Å²) in [5, 5.41) is 2.82. The minimum Gasteiger partial charge on any atom is -0.340 e. The van der Waals surface area contributed by atoms with Crippen LogP contribution in [0, 0.1) is 0 Å². The smallest absolute Gasteiger partial charge is 0.248 e. The van der Waals surface area contributed by atoms with Gasteiger partial charge in [0, 0.05) is 12.5 Å². The molecule has 1 fully saturated rings. The fourth-order valence-electron chi connectivity index (χ4n) is 3.26. The molecular formula is C17H22N2O2. The Hall–Kier alpha value is -1.84. The number of hydrogen-bond donors (Lipinski definition) is 1. The molecule has 4 nitrogen and oxygen atoms in total. The van der Waals surface area contributed by atoms with Crippen molar-refractivity contribution in [1.29, 1.82) is 0 Å². The summed E-state index contributed by atoms with van der Waals surface area (Å²) < 4.78 is 0. The van der Waals surface area contributed by atoms with E-state index in [1.807, 2.05) is 26.0 Å². The Morgan fingerprint density at radius 2 is 1.86 bits per heavy atom. The number of nitrogens with zero attached hydrogens (tertiary/aromatic N) is 1. The predicted octanol–water partition coefficient (Wildman–Crippen LogP) is 1.84. The van der Waals surface area contributed by atoms with E-state index < -0.39 is 11.1 Å². The molecule has 1 aliphatic carbocycles. The second-order valence-corrected chi connectivity index (χ2v) is 7.15. The first kappa shape index (κ1) is 14.1. The Bertz CT molecular complexity index is 619. The summed E-state index contributed by atoms with van der Waals surface area (Å²) in [6, 6.07) is 8.33. The molecule has 0 saturated carbocycles. The summed E-state index contributed by atoms with van der Waals surface area (Å²) in [5.74, 6) is 0.252. The first-order valence-corrected chi connectivity index (χ1v) is 7.46. The van der Waals surface area contributed by atoms with E-state index in [1.54, 1.807) is 18.7 Å². The zero-order chi connectivity index (χ0) is 15.4. The van der Waals surface area contributed by atoms with Gasteiger partial charge in [0.25, 0.3) is 0 Å². The molecule has 1 aromatic rings. The van der Waals surface area contributed by atoms with Gasteiger partial charge in [-0.3, -0.25) is 9.59 Å². The van der Waals surface area contributed by atoms with Crippen LogP contribution in [0.2, 0.25) is 0 Å². The minimum atomic E-state index is -0.824. The van der Waals surface area contributed by atoms with Crippen molar-refractivity contribution in [2.75, 3.05) is 6.54 Å². The van der Waals surface area contributed by atoms with Crippen LogP contribution in [0.5, 0.6) is 0 Å². The van der Waals surface area contributed by atoms with Crippen LogP contribution in [0.25, 0.3) is 0 Å². The van der Waals surface area contributed by atoms with Gasteiger partial charge in [0.1, 0.15) is 11.1 Å². The van der Waals surface area contributed by atoms with Crippen molar-refractivity contribution in [2.45, 2.75) is 51.1 Å². The fraction of sp³-hybridized carbons (Fsp3) is 0.529. The highest BCUT2D eigenvalue weighted by molar-refractivity contribution is 6.01. The van der Waals surface area contributed by atoms with Crippen molar-refractivity contribution in [3.8, 4) is 0 Å². The Morgan fingerprint density at radius 3 is 2.52 bits per heavy atom. The van der Waals surface area contributed by atoms with Gasteiger partial charge in [0.2, 0.25) is 11.8 Å². The molecule has 3 rings (SSSR count). The van der Waals surface area contributed by atoms with Gasteiger partial charge < -0.3 is 10.2 Å². The van der Waals surface area contributed by atoms with Crippen LogP contribution < -0.4 is 5.32 Å². The minimum absolute atomic E-state index is 0.00326. The van der Waals surface area contributed by atoms with E-state index >= 15 is 0 Å². The van der Waals surface area contributed by atoms with Gasteiger partial charge in [-0.15, -0.1) is 0 Å². The van der Waals surface area contributed by atoms with E-state index in [0.29, 0.717) is 12.5 Å². The van der Waals surface area contributed by atoms with Gasteiger partial charge in [0.05, 0.1) is 0 Å². The molecule has 2 aliphatic rings. The van der Waals surface area contributed by atoms with Crippen molar-refractivity contribution in [3.05, 3.63) is 35.4 Å². The van der Waals surface area contributed by atoms with Crippen LogP contribution in [0.4, 0.5) is 0 Å². The Morgan fingerprint density at radius 1 is 1.19 bits per heavy atom. The first-order valence-electron chi connectivity index (χ1n) is 7.46. The van der Waals surface area contributed by atoms with Crippen molar-refractivity contribution in [2.24, 2.45) is 0 Å². The Labute approximate surface area is 125 Å². The lowest BCUT2D eigenvalue weighted by Gasteiger charge is -2.49. The van der Waals surface area contributed by atoms with E-state index in [0.717, 1.165) is 6.42 Å². The van der Waals surface area contributed by atoms with Crippen LogP contribution >= 0.6 is 0 Å². The molecule has 1 saturated heterocycles. The average Bonchev–Trinajstić information content (AvgIpc) is 2.37. The van der Waals surface area contributed by atoms with Crippen LogP contribution in [0.1, 0.15) is 44.7 Å². The Kier molecular flexibility index (Phi) is 2.91. The SMILES string of the molecule is CC1(C)NC(=O)C(C)(C)N(CC2Cc3ccccc32)C1=O. The maximum absolute atomic E-state index is 12.7. The molecule has 112 valence electrons. The third-order valence-corrected chi connectivity index (χ3v) is 4.80. The number of benzene rings is 1. The summed E-state index contributed by atoms with van der Waals surface area (Å²) >= 11 is 0. The van der Waals surface area contributed by atoms with Gasteiger partial charge in [-0.2, -0.15) is 0 Å². The Balaban J connectivity index is 1.86. The number of hydrogen-bond acceptors (Lipinski definition) is 2. The highest BCUT2D eigenvalue weighted by atomic mass is 16.2. The van der Waals surface area contributed by atoms with Crippen LogP contribution in [0.15, 0.2) is 24.3 Å². The third kappa shape index (κ3) is 2.04. The molecule has 0 bridgehead atoms. The van der Waals surface area contributed by atoms with Gasteiger partial charge >= 0.3 is 0 Å². The van der Waals surface area contributed by atoms with Gasteiger partial charge in [-0.05, 0) is 45.2 Å². The zero-order valence-corrected chi connectivity index (χ0v) is 13.1. The number of piperazine rings is 1. The van der Waals surface area contributed by atoms with Gasteiger partial charge in [-0.1, -0.05) is 24.3 Å². The average molecular weight is 286 g/mol. The molecular weight excluding hydrogens is 264 g/mol. The molecule has 0 spiro atoms. The maximum atomic E-state index is 12.7. The maximum Gasteiger partial charge on any atom is 0.248 e. The van der Waals surface area contributed by atoms with Crippen LogP contribution in [0.3, 0.4) is 0 Å². The molecule has 1 heterocycles. The normalized spacial score (nSPS) is 25.9. The molecule has 4 heteroatoms. The molecule has 1 aromatic carbocycles. The second kappa shape index (κ2) is 4.33. The van der Waals surface area contributed by atoms with Gasteiger partial charge in [-0.25, -0.2) is 0 Å². The van der Waals surface area contributed by atoms with Crippen molar-refractivity contribution in [3.63, 3.8) is 0 Å². The monoisotopic (exact) mass is 286 g/mol. The number of fused-ring (bicyclic) bond motifs is 1. The van der Waals surface area contributed by atoms with E-state index in [9.17, 15) is 9.59 Å². The van der Waals surface area contributed by atoms with Crippen molar-refractivity contribution < 1.29 is 9.59 Å². The molecule has 0 radical (unpaired) electrons. The summed E-state index contributed by atoms with van der Waals surface area (Å²) in [4.78, 5) is 26.8. The quantitative estimate of drug-likeness (QED) is 0.902. The predicted molar refractivity (Wildman–Crippen MR) is 80.9 cm³/mol. The van der Waals surface area contributed by atoms with Crippen molar-refractivity contribution in [1.82, 2.24) is 10.2 Å². The number of rotatable bonds is 2. The van der Waals surface area contributed by atoms with E-state index in [1.165, 1.54) is 11.1 Å². The summed E-state index contributed by atoms with van der Waals surface area (Å²) in [5.41, 5.74) is 1.05. The first-order chi connectivity index (χ1) is 9.73. The summed E-state index contributed by atoms with van der Waals surface area (Å²) in [6.07, 6.45) is 0.984. The van der Waals surface area contributed by atoms with E-state index in [2.05, 4.69) is 17.4 Å². The van der Waals surface area contributed by atoms with Crippen molar-refractivity contribution >= 4 is 11.8 Å². The molecule has 2 amide bonds. The zero-order valence-electron chi connectivity index (χ0n) is 13.1. The van der Waals surface area contributed by atoms with Crippen LogP contribution in [-0.2, 0) is 16.0 Å². The topological polar surface area (TPSA) is 49.4 Å². The van der Waals surface area contributed by atoms with Crippen LogP contribution in [-0.4, -0.2) is 34.3 Å². The lowest BCUT2D eigenvalue weighted by Crippen LogP contribution is -2.72. The third-order valence-electron chi connectivity index (χ3n) is 4.80. The highest BCUT2D eigenvalue weighted by Crippen LogP contribution is 2.38. The molecule has 1 aliphatic heterocycles. The molecule has 1 atom stereocenters. The van der Waals surface area contributed by atoms with E-state index in [4.69, 9.17) is 0 Å². The largest absolute Gasteiger partial charge is 0.340 e. The highest BCUT2D eigenvalue weighted by Gasteiger charge is 2.51. The number of carbonyl (C=O) groups is 2. The second-order valence-electron chi connectivity index (χ2n) is 7.15. The lowest BCUT2D eigenvalue weighted by molar-refractivity contribution is -0.159. The number of carbonyl (C=O) groups excluding carboxylic acids is 2. The number of amides is 2. The molecule has 1 N–H and O–H groups in total. The lowest BCUT2D eigenvalue weighted by atomic mass is 9.76. The fourth-order valence-corrected chi connectivity index (χ4v) is 3.26. The summed E-state index contributed by atoms with van der Waals surface area (Å²) in [7, 11) is 0. The number of nitrogens with one attached hydrogen (secondary N) is 1. The molecule has 0 aromatic heterocycles. The molecule has 1 unspecified atom stereocenters. The summed E-state index contributed by atoms with van der Waals surface area (Å²) in [6.45, 7) is 7.79. The van der Waals surface area contributed by atoms with Gasteiger partial charge in [0.15, 0.2) is 0 Å². The standard InChI is InChI=1S/C17H22N2O2/c1-16(2)15(21)19(17(3,4)14(20)18-16)10-12-9-11-7-5-6-8-13(11)12/h5-8,12H,9-10H2,1-4H3,(H,18,20).